The van der Waals surface area contributed by atoms with Gasteiger partial charge in [0.05, 0.1) is 6.42 Å². The highest BCUT2D eigenvalue weighted by atomic mass is 16.5. The normalized spacial score (nSPS) is 14.3. The van der Waals surface area contributed by atoms with Crippen LogP contribution in [-0.4, -0.2) is 55.4 Å². The predicted molar refractivity (Wildman–Crippen MR) is 66.4 cm³/mol. The number of carboxylic acid groups (broad SMARTS) is 1. The van der Waals surface area contributed by atoms with E-state index < -0.39 is 5.97 Å². The van der Waals surface area contributed by atoms with Crippen molar-refractivity contribution in [3.8, 4) is 0 Å². The number of carbonyl (C=O) groups is 2. The zero-order chi connectivity index (χ0) is 13.4. The number of hydrogen-bond acceptors (Lipinski definition) is 3. The van der Waals surface area contributed by atoms with E-state index in [-0.39, 0.29) is 19.0 Å². The minimum absolute atomic E-state index is 0.0333. The zero-order valence-electron chi connectivity index (χ0n) is 10.9. The smallest absolute Gasteiger partial charge is 0.317 e. The monoisotopic (exact) mass is 258 g/mol. The van der Waals surface area contributed by atoms with Crippen LogP contribution >= 0.6 is 0 Å². The first-order valence-electron chi connectivity index (χ1n) is 6.38. The SMILES string of the molecule is CN(CCC(=O)O)C(=O)NCCCOCC1CC1. The number of amides is 2. The van der Waals surface area contributed by atoms with Crippen molar-refractivity contribution >= 4 is 12.0 Å². The summed E-state index contributed by atoms with van der Waals surface area (Å²) in [6.45, 7) is 2.28. The second-order valence-corrected chi connectivity index (χ2v) is 4.67. The van der Waals surface area contributed by atoms with Crippen molar-refractivity contribution in [1.29, 1.82) is 0 Å². The number of ether oxygens (including phenoxy) is 1. The van der Waals surface area contributed by atoms with Crippen LogP contribution in [0.1, 0.15) is 25.7 Å². The number of urea groups is 1. The van der Waals surface area contributed by atoms with Crippen molar-refractivity contribution in [2.75, 3.05) is 33.4 Å². The lowest BCUT2D eigenvalue weighted by Gasteiger charge is -2.16. The molecule has 0 aliphatic heterocycles. The van der Waals surface area contributed by atoms with Crippen molar-refractivity contribution in [3.63, 3.8) is 0 Å². The van der Waals surface area contributed by atoms with Crippen LogP contribution in [0.25, 0.3) is 0 Å². The van der Waals surface area contributed by atoms with Gasteiger partial charge < -0.3 is 20.1 Å². The summed E-state index contributed by atoms with van der Waals surface area (Å²) in [5.41, 5.74) is 0. The number of rotatable bonds is 9. The third kappa shape index (κ3) is 7.11. The molecule has 0 atom stereocenters. The summed E-state index contributed by atoms with van der Waals surface area (Å²) >= 11 is 0. The summed E-state index contributed by atoms with van der Waals surface area (Å²) in [5.74, 6) is -0.134. The lowest BCUT2D eigenvalue weighted by atomic mass is 10.4. The lowest BCUT2D eigenvalue weighted by Crippen LogP contribution is -2.39. The number of nitrogens with zero attached hydrogens (tertiary/aromatic N) is 1. The molecule has 0 aromatic heterocycles. The van der Waals surface area contributed by atoms with Gasteiger partial charge in [0.15, 0.2) is 0 Å². The van der Waals surface area contributed by atoms with Gasteiger partial charge in [-0.15, -0.1) is 0 Å². The number of hydrogen-bond donors (Lipinski definition) is 2. The molecule has 0 spiro atoms. The van der Waals surface area contributed by atoms with Crippen molar-refractivity contribution in [2.45, 2.75) is 25.7 Å². The van der Waals surface area contributed by atoms with Crippen molar-refractivity contribution in [1.82, 2.24) is 10.2 Å². The second-order valence-electron chi connectivity index (χ2n) is 4.67. The van der Waals surface area contributed by atoms with E-state index >= 15 is 0 Å². The molecular weight excluding hydrogens is 236 g/mol. The maximum absolute atomic E-state index is 11.5. The fourth-order valence-corrected chi connectivity index (χ4v) is 1.40. The molecule has 104 valence electrons. The van der Waals surface area contributed by atoms with E-state index in [1.54, 1.807) is 7.05 Å². The van der Waals surface area contributed by atoms with Gasteiger partial charge in [0.2, 0.25) is 0 Å². The van der Waals surface area contributed by atoms with Crippen molar-refractivity contribution in [3.05, 3.63) is 0 Å². The third-order valence-corrected chi connectivity index (χ3v) is 2.80. The van der Waals surface area contributed by atoms with Crippen molar-refractivity contribution in [2.24, 2.45) is 5.92 Å². The molecule has 0 bridgehead atoms. The summed E-state index contributed by atoms with van der Waals surface area (Å²) in [7, 11) is 1.59. The Bertz CT molecular complexity index is 279. The van der Waals surface area contributed by atoms with E-state index in [0.717, 1.165) is 18.9 Å². The van der Waals surface area contributed by atoms with Crippen LogP contribution in [0.2, 0.25) is 0 Å². The topological polar surface area (TPSA) is 78.9 Å². The molecule has 1 aliphatic rings. The first-order chi connectivity index (χ1) is 8.59. The Balaban J connectivity index is 1.92. The number of carbonyl (C=O) groups excluding carboxylic acids is 1. The first-order valence-corrected chi connectivity index (χ1v) is 6.38. The fourth-order valence-electron chi connectivity index (χ4n) is 1.40. The molecule has 0 saturated heterocycles. The molecule has 0 heterocycles. The molecule has 6 nitrogen and oxygen atoms in total. The summed E-state index contributed by atoms with van der Waals surface area (Å²) in [6.07, 6.45) is 3.32. The van der Waals surface area contributed by atoms with E-state index in [4.69, 9.17) is 9.84 Å². The molecule has 2 N–H and O–H groups in total. The maximum Gasteiger partial charge on any atom is 0.317 e. The molecule has 0 unspecified atom stereocenters. The summed E-state index contributed by atoms with van der Waals surface area (Å²) in [6, 6.07) is -0.238. The number of aliphatic carboxylic acids is 1. The molecule has 0 radical (unpaired) electrons. The largest absolute Gasteiger partial charge is 0.481 e. The van der Waals surface area contributed by atoms with Crippen LogP contribution in [0.5, 0.6) is 0 Å². The molecular formula is C12H22N2O4. The molecule has 6 heteroatoms. The van der Waals surface area contributed by atoms with Crippen LogP contribution in [0.4, 0.5) is 4.79 Å². The fraction of sp³-hybridized carbons (Fsp3) is 0.833. The standard InChI is InChI=1S/C12H22N2O4/c1-14(7-5-11(15)16)12(17)13-6-2-8-18-9-10-3-4-10/h10H,2-9H2,1H3,(H,13,17)(H,15,16). The van der Waals surface area contributed by atoms with Gasteiger partial charge in [-0.3, -0.25) is 4.79 Å². The van der Waals surface area contributed by atoms with E-state index in [2.05, 4.69) is 5.32 Å². The van der Waals surface area contributed by atoms with Gasteiger partial charge in [-0.05, 0) is 25.2 Å². The predicted octanol–water partition coefficient (Wildman–Crippen LogP) is 0.919. The van der Waals surface area contributed by atoms with Crippen molar-refractivity contribution < 1.29 is 19.4 Å². The Labute approximate surface area is 107 Å². The number of nitrogens with one attached hydrogen (secondary N) is 1. The zero-order valence-corrected chi connectivity index (χ0v) is 10.9. The molecule has 0 aromatic rings. The maximum atomic E-state index is 11.5. The first kappa shape index (κ1) is 14.8. The third-order valence-electron chi connectivity index (χ3n) is 2.80. The highest BCUT2D eigenvalue weighted by Crippen LogP contribution is 2.28. The highest BCUT2D eigenvalue weighted by molar-refractivity contribution is 5.74. The quantitative estimate of drug-likeness (QED) is 0.603. The van der Waals surface area contributed by atoms with Crippen LogP contribution in [0, 0.1) is 5.92 Å². The van der Waals surface area contributed by atoms with Crippen LogP contribution in [0.15, 0.2) is 0 Å². The van der Waals surface area contributed by atoms with Gasteiger partial charge in [0.25, 0.3) is 0 Å². The Hall–Kier alpha value is -1.30. The lowest BCUT2D eigenvalue weighted by molar-refractivity contribution is -0.137. The molecule has 18 heavy (non-hydrogen) atoms. The van der Waals surface area contributed by atoms with Gasteiger partial charge in [-0.1, -0.05) is 0 Å². The van der Waals surface area contributed by atoms with Gasteiger partial charge in [0, 0.05) is 33.4 Å². The Morgan fingerprint density at radius 3 is 2.78 bits per heavy atom. The Kier molecular flexibility index (Phi) is 6.49. The summed E-state index contributed by atoms with van der Waals surface area (Å²) in [5, 5.41) is 11.2. The molecule has 1 rings (SSSR count). The van der Waals surface area contributed by atoms with Gasteiger partial charge in [0.1, 0.15) is 0 Å². The van der Waals surface area contributed by atoms with E-state index in [9.17, 15) is 9.59 Å². The van der Waals surface area contributed by atoms with E-state index in [0.29, 0.717) is 13.2 Å². The van der Waals surface area contributed by atoms with E-state index in [1.165, 1.54) is 17.7 Å². The molecule has 1 fully saturated rings. The number of carboxylic acids is 1. The van der Waals surface area contributed by atoms with Crippen LogP contribution in [0.3, 0.4) is 0 Å². The van der Waals surface area contributed by atoms with Crippen LogP contribution in [-0.2, 0) is 9.53 Å². The molecule has 1 aliphatic carbocycles. The minimum atomic E-state index is -0.900. The summed E-state index contributed by atoms with van der Waals surface area (Å²) in [4.78, 5) is 23.2. The minimum Gasteiger partial charge on any atom is -0.481 e. The average molecular weight is 258 g/mol. The Morgan fingerprint density at radius 2 is 2.17 bits per heavy atom. The van der Waals surface area contributed by atoms with Gasteiger partial charge >= 0.3 is 12.0 Å². The second kappa shape index (κ2) is 7.92. The molecule has 1 saturated carbocycles. The highest BCUT2D eigenvalue weighted by Gasteiger charge is 2.20. The van der Waals surface area contributed by atoms with Gasteiger partial charge in [-0.25, -0.2) is 4.79 Å². The Morgan fingerprint density at radius 1 is 1.44 bits per heavy atom. The van der Waals surface area contributed by atoms with E-state index in [1.807, 2.05) is 0 Å². The molecule has 2 amide bonds. The molecule has 0 aromatic carbocycles. The van der Waals surface area contributed by atoms with Gasteiger partial charge in [-0.2, -0.15) is 0 Å². The summed E-state index contributed by atoms with van der Waals surface area (Å²) < 4.78 is 5.44. The average Bonchev–Trinajstić information content (AvgIpc) is 3.14. The van der Waals surface area contributed by atoms with Crippen LogP contribution < -0.4 is 5.32 Å².